The molecule has 0 heterocycles. The van der Waals surface area contributed by atoms with Crippen molar-refractivity contribution >= 4 is 73.4 Å². The molecule has 0 spiro atoms. The molecule has 2 N–H and O–H groups in total. The standard InChI is InChI=1S/C6H4O2.K.H2O4S.H/c7-5-1-2-6(8)4-3-5;;1-5(2,3)4;/h1-4H;;(H2,1,2,3,4);. The summed E-state index contributed by atoms with van der Waals surface area (Å²) in [5, 5.41) is 0. The van der Waals surface area contributed by atoms with E-state index in [0.717, 1.165) is 0 Å². The molecule has 0 amide bonds. The Morgan fingerprint density at radius 1 is 0.857 bits per heavy atom. The predicted molar refractivity (Wildman–Crippen MR) is 49.6 cm³/mol. The third-order valence-electron chi connectivity index (χ3n) is 0.824. The molecular formula is C6H7KO6S. The van der Waals surface area contributed by atoms with Crippen molar-refractivity contribution in [2.75, 3.05) is 0 Å². The number of carbonyl (C=O) groups is 2. The van der Waals surface area contributed by atoms with Gasteiger partial charge in [0.05, 0.1) is 0 Å². The summed E-state index contributed by atoms with van der Waals surface area (Å²) in [4.78, 5) is 20.6. The molecule has 1 rings (SSSR count). The predicted octanol–water partition coefficient (Wildman–Crippen LogP) is -1.05. The van der Waals surface area contributed by atoms with Gasteiger partial charge in [-0.3, -0.25) is 18.7 Å². The first-order valence-corrected chi connectivity index (χ1v) is 4.33. The average molecular weight is 246 g/mol. The molecule has 0 radical (unpaired) electrons. The fourth-order valence-corrected chi connectivity index (χ4v) is 0.440. The third-order valence-corrected chi connectivity index (χ3v) is 0.824. The molecule has 1 aliphatic carbocycles. The summed E-state index contributed by atoms with van der Waals surface area (Å²) in [7, 11) is -4.67. The molecule has 0 aliphatic heterocycles. The summed E-state index contributed by atoms with van der Waals surface area (Å²) >= 11 is 0. The van der Waals surface area contributed by atoms with Gasteiger partial charge in [-0.05, 0) is 24.3 Å². The first-order valence-electron chi connectivity index (χ1n) is 2.93. The van der Waals surface area contributed by atoms with Gasteiger partial charge < -0.3 is 0 Å². The second-order valence-corrected chi connectivity index (χ2v) is 2.81. The fourth-order valence-electron chi connectivity index (χ4n) is 0.440. The van der Waals surface area contributed by atoms with E-state index in [-0.39, 0.29) is 63.0 Å². The zero-order chi connectivity index (χ0) is 10.5. The number of hydrogen-bond donors (Lipinski definition) is 2. The second-order valence-electron chi connectivity index (χ2n) is 1.92. The monoisotopic (exact) mass is 246 g/mol. The van der Waals surface area contributed by atoms with Crippen LogP contribution in [0.5, 0.6) is 0 Å². The van der Waals surface area contributed by atoms with Crippen LogP contribution in [0.2, 0.25) is 0 Å². The SMILES string of the molecule is O=C1C=CC(=O)C=C1.O=S(=O)(O)O.[KH]. The van der Waals surface area contributed by atoms with Crippen molar-refractivity contribution in [1.29, 1.82) is 0 Å². The Balaban J connectivity index is 0. The zero-order valence-electron chi connectivity index (χ0n) is 6.25. The summed E-state index contributed by atoms with van der Waals surface area (Å²) in [6.07, 6.45) is 5.01. The van der Waals surface area contributed by atoms with Crippen LogP contribution < -0.4 is 0 Å². The quantitative estimate of drug-likeness (QED) is 0.321. The Morgan fingerprint density at radius 2 is 1.00 bits per heavy atom. The van der Waals surface area contributed by atoms with Gasteiger partial charge in [0.2, 0.25) is 0 Å². The molecule has 0 fully saturated rings. The molecule has 0 aromatic heterocycles. The Bertz CT molecular complexity index is 320. The van der Waals surface area contributed by atoms with Gasteiger partial charge in [0, 0.05) is 0 Å². The van der Waals surface area contributed by atoms with Gasteiger partial charge in [-0.1, -0.05) is 0 Å². The molecular weight excluding hydrogens is 239 g/mol. The van der Waals surface area contributed by atoms with Gasteiger partial charge in [-0.15, -0.1) is 0 Å². The maximum absolute atomic E-state index is 10.3. The van der Waals surface area contributed by atoms with Gasteiger partial charge in [-0.2, -0.15) is 8.42 Å². The van der Waals surface area contributed by atoms with Crippen LogP contribution in [0, 0.1) is 0 Å². The summed E-state index contributed by atoms with van der Waals surface area (Å²) < 4.78 is 31.6. The number of hydrogen-bond acceptors (Lipinski definition) is 4. The summed E-state index contributed by atoms with van der Waals surface area (Å²) in [5.41, 5.74) is 0. The van der Waals surface area contributed by atoms with E-state index < -0.39 is 10.4 Å². The summed E-state index contributed by atoms with van der Waals surface area (Å²) in [6.45, 7) is 0. The molecule has 6 nitrogen and oxygen atoms in total. The normalized spacial score (nSPS) is 14.1. The number of ketones is 2. The van der Waals surface area contributed by atoms with Crippen LogP contribution in [0.1, 0.15) is 0 Å². The molecule has 0 unspecified atom stereocenters. The minimum absolute atomic E-state index is 0. The molecule has 0 aromatic rings. The fraction of sp³-hybridized carbons (Fsp3) is 0. The molecule has 14 heavy (non-hydrogen) atoms. The van der Waals surface area contributed by atoms with Gasteiger partial charge in [0.1, 0.15) is 0 Å². The van der Waals surface area contributed by atoms with E-state index in [1.165, 1.54) is 24.3 Å². The van der Waals surface area contributed by atoms with E-state index in [4.69, 9.17) is 17.5 Å². The topological polar surface area (TPSA) is 109 Å². The van der Waals surface area contributed by atoms with Crippen molar-refractivity contribution in [1.82, 2.24) is 0 Å². The van der Waals surface area contributed by atoms with Crippen LogP contribution in [0.3, 0.4) is 0 Å². The van der Waals surface area contributed by atoms with E-state index >= 15 is 0 Å². The van der Waals surface area contributed by atoms with Crippen LogP contribution in [0.4, 0.5) is 0 Å². The van der Waals surface area contributed by atoms with E-state index in [1.807, 2.05) is 0 Å². The van der Waals surface area contributed by atoms with E-state index in [2.05, 4.69) is 0 Å². The molecule has 74 valence electrons. The second kappa shape index (κ2) is 7.60. The van der Waals surface area contributed by atoms with E-state index in [0.29, 0.717) is 0 Å². The van der Waals surface area contributed by atoms with Crippen molar-refractivity contribution in [2.24, 2.45) is 0 Å². The van der Waals surface area contributed by atoms with Crippen molar-refractivity contribution in [2.45, 2.75) is 0 Å². The van der Waals surface area contributed by atoms with E-state index in [9.17, 15) is 9.59 Å². The number of allylic oxidation sites excluding steroid dienone is 4. The Labute approximate surface area is 123 Å². The van der Waals surface area contributed by atoms with Gasteiger partial charge in [-0.25, -0.2) is 0 Å². The summed E-state index contributed by atoms with van der Waals surface area (Å²) in [5.74, 6) is -0.241. The Hall–Kier alpha value is 0.326. The summed E-state index contributed by atoms with van der Waals surface area (Å²) in [6, 6.07) is 0. The minimum atomic E-state index is -4.67. The molecule has 0 saturated heterocycles. The molecule has 0 saturated carbocycles. The van der Waals surface area contributed by atoms with Gasteiger partial charge in [0.25, 0.3) is 0 Å². The maximum atomic E-state index is 10.3. The van der Waals surface area contributed by atoms with Crippen LogP contribution in [0.25, 0.3) is 0 Å². The van der Waals surface area contributed by atoms with E-state index in [1.54, 1.807) is 0 Å². The first kappa shape index (κ1) is 16.7. The Morgan fingerprint density at radius 3 is 1.14 bits per heavy atom. The zero-order valence-corrected chi connectivity index (χ0v) is 7.06. The van der Waals surface area contributed by atoms with Crippen LogP contribution in [-0.2, 0) is 20.0 Å². The van der Waals surface area contributed by atoms with Crippen molar-refractivity contribution < 1.29 is 27.1 Å². The van der Waals surface area contributed by atoms with Crippen molar-refractivity contribution in [3.8, 4) is 0 Å². The Kier molecular flexibility index (Phi) is 9.09. The van der Waals surface area contributed by atoms with Crippen LogP contribution >= 0.6 is 0 Å². The average Bonchev–Trinajstić information content (AvgIpc) is 1.92. The van der Waals surface area contributed by atoms with Crippen molar-refractivity contribution in [3.63, 3.8) is 0 Å². The molecule has 0 bridgehead atoms. The number of carbonyl (C=O) groups excluding carboxylic acids is 2. The van der Waals surface area contributed by atoms with Crippen LogP contribution in [-0.4, -0.2) is 80.5 Å². The molecule has 1 aliphatic rings. The first-order chi connectivity index (χ1) is 5.79. The molecule has 0 atom stereocenters. The third kappa shape index (κ3) is 14.8. The van der Waals surface area contributed by atoms with Crippen LogP contribution in [0.15, 0.2) is 24.3 Å². The van der Waals surface area contributed by atoms with Gasteiger partial charge in [0.15, 0.2) is 11.6 Å². The number of rotatable bonds is 0. The molecule has 0 aromatic carbocycles. The molecule has 8 heteroatoms. The van der Waals surface area contributed by atoms with Crippen molar-refractivity contribution in [3.05, 3.63) is 24.3 Å². The van der Waals surface area contributed by atoms with Gasteiger partial charge >= 0.3 is 61.8 Å².